The highest BCUT2D eigenvalue weighted by Crippen LogP contribution is 2.28. The maximum Gasteiger partial charge on any atom is 0.343 e. The van der Waals surface area contributed by atoms with E-state index in [2.05, 4.69) is 4.98 Å². The molecule has 0 saturated heterocycles. The molecule has 0 amide bonds. The van der Waals surface area contributed by atoms with E-state index in [1.54, 1.807) is 13.8 Å². The lowest BCUT2D eigenvalue weighted by atomic mass is 10.2. The number of aryl methyl sites for hydroxylation is 1. The van der Waals surface area contributed by atoms with Crippen LogP contribution in [0.2, 0.25) is 0 Å². The number of hydrogen-bond acceptors (Lipinski definition) is 5. The third kappa shape index (κ3) is 3.47. The summed E-state index contributed by atoms with van der Waals surface area (Å²) < 4.78 is 23.6. The fourth-order valence-electron chi connectivity index (χ4n) is 1.74. The third-order valence-electron chi connectivity index (χ3n) is 2.71. The summed E-state index contributed by atoms with van der Waals surface area (Å²) in [7, 11) is 0. The maximum atomic E-state index is 13.1. The summed E-state index contributed by atoms with van der Waals surface area (Å²) >= 11 is 0. The van der Waals surface area contributed by atoms with E-state index in [0.717, 1.165) is 0 Å². The van der Waals surface area contributed by atoms with Gasteiger partial charge < -0.3 is 15.2 Å². The fourth-order valence-corrected chi connectivity index (χ4v) is 1.74. The van der Waals surface area contributed by atoms with Crippen molar-refractivity contribution >= 4 is 11.7 Å². The number of nitrogen functional groups attached to an aromatic ring is 1. The quantitative estimate of drug-likeness (QED) is 0.876. The van der Waals surface area contributed by atoms with Gasteiger partial charge in [-0.15, -0.1) is 0 Å². The summed E-state index contributed by atoms with van der Waals surface area (Å²) in [6.45, 7) is 3.62. The molecule has 1 aromatic carbocycles. The van der Waals surface area contributed by atoms with Crippen LogP contribution in [0.4, 0.5) is 10.1 Å². The predicted molar refractivity (Wildman–Crippen MR) is 75.8 cm³/mol. The Morgan fingerprint density at radius 2 is 2.14 bits per heavy atom. The first-order valence-electron chi connectivity index (χ1n) is 6.38. The molecule has 0 bridgehead atoms. The van der Waals surface area contributed by atoms with Crippen LogP contribution in [0.1, 0.15) is 22.8 Å². The monoisotopic (exact) mass is 290 g/mol. The first-order valence-corrected chi connectivity index (χ1v) is 6.38. The number of nitrogens with zero attached hydrogens (tertiary/aromatic N) is 1. The molecule has 0 spiro atoms. The molecular formula is C15H15FN2O3. The van der Waals surface area contributed by atoms with Crippen LogP contribution in [-0.4, -0.2) is 17.6 Å². The van der Waals surface area contributed by atoms with Crippen molar-refractivity contribution in [3.63, 3.8) is 0 Å². The van der Waals surface area contributed by atoms with Crippen molar-refractivity contribution in [2.75, 3.05) is 12.3 Å². The van der Waals surface area contributed by atoms with Crippen LogP contribution in [0.3, 0.4) is 0 Å². The molecule has 1 aromatic heterocycles. The molecule has 0 aliphatic heterocycles. The van der Waals surface area contributed by atoms with Gasteiger partial charge in [0.25, 0.3) is 0 Å². The van der Waals surface area contributed by atoms with Gasteiger partial charge in [0, 0.05) is 0 Å². The maximum absolute atomic E-state index is 13.1. The van der Waals surface area contributed by atoms with Gasteiger partial charge >= 0.3 is 5.97 Å². The number of esters is 1. The molecule has 0 unspecified atom stereocenters. The second-order valence-electron chi connectivity index (χ2n) is 4.35. The summed E-state index contributed by atoms with van der Waals surface area (Å²) in [6, 6.07) is 5.50. The first kappa shape index (κ1) is 14.8. The van der Waals surface area contributed by atoms with E-state index in [4.69, 9.17) is 15.2 Å². The molecule has 0 saturated carbocycles. The van der Waals surface area contributed by atoms with Crippen LogP contribution >= 0.6 is 0 Å². The first-order chi connectivity index (χ1) is 10.0. The number of nitrogens with two attached hydrogens (primary N) is 1. The van der Waals surface area contributed by atoms with Crippen LogP contribution in [-0.2, 0) is 4.74 Å². The van der Waals surface area contributed by atoms with E-state index in [-0.39, 0.29) is 23.9 Å². The number of pyridine rings is 1. The normalized spacial score (nSPS) is 10.2. The van der Waals surface area contributed by atoms with Crippen LogP contribution < -0.4 is 10.5 Å². The lowest BCUT2D eigenvalue weighted by Crippen LogP contribution is -2.08. The molecule has 110 valence electrons. The van der Waals surface area contributed by atoms with Gasteiger partial charge in [0.1, 0.15) is 17.1 Å². The Balaban J connectivity index is 2.37. The zero-order valence-corrected chi connectivity index (χ0v) is 11.7. The van der Waals surface area contributed by atoms with Gasteiger partial charge in [-0.3, -0.25) is 0 Å². The van der Waals surface area contributed by atoms with E-state index in [9.17, 15) is 9.18 Å². The van der Waals surface area contributed by atoms with Gasteiger partial charge in [-0.1, -0.05) is 0 Å². The van der Waals surface area contributed by atoms with Crippen molar-refractivity contribution in [1.29, 1.82) is 0 Å². The zero-order chi connectivity index (χ0) is 15.4. The average molecular weight is 290 g/mol. The van der Waals surface area contributed by atoms with Crippen molar-refractivity contribution in [3.8, 4) is 11.6 Å². The SMILES string of the molecule is CCOC(=O)c1cc(N)cnc1Oc1ccc(F)cc1C. The Morgan fingerprint density at radius 1 is 1.38 bits per heavy atom. The molecule has 2 aromatic rings. The third-order valence-corrected chi connectivity index (χ3v) is 2.71. The van der Waals surface area contributed by atoms with Gasteiger partial charge in [-0.2, -0.15) is 0 Å². The highest BCUT2D eigenvalue weighted by molar-refractivity contribution is 5.92. The smallest absolute Gasteiger partial charge is 0.343 e. The van der Waals surface area contributed by atoms with E-state index in [1.165, 1.54) is 30.5 Å². The van der Waals surface area contributed by atoms with E-state index < -0.39 is 5.97 Å². The number of carbonyl (C=O) groups is 1. The van der Waals surface area contributed by atoms with Gasteiger partial charge in [0.05, 0.1) is 18.5 Å². The number of ether oxygens (including phenoxy) is 2. The largest absolute Gasteiger partial charge is 0.462 e. The van der Waals surface area contributed by atoms with Crippen LogP contribution in [0.15, 0.2) is 30.5 Å². The van der Waals surface area contributed by atoms with Crippen molar-refractivity contribution in [2.24, 2.45) is 0 Å². The summed E-state index contributed by atoms with van der Waals surface area (Å²) in [5.41, 5.74) is 6.66. The molecule has 6 heteroatoms. The number of anilines is 1. The number of carbonyl (C=O) groups excluding carboxylic acids is 1. The van der Waals surface area contributed by atoms with Gasteiger partial charge in [-0.05, 0) is 43.7 Å². The summed E-state index contributed by atoms with van der Waals surface area (Å²) in [5.74, 6) is -0.473. The molecule has 2 N–H and O–H groups in total. The van der Waals surface area contributed by atoms with Crippen molar-refractivity contribution in [2.45, 2.75) is 13.8 Å². The van der Waals surface area contributed by atoms with Crippen LogP contribution in [0.25, 0.3) is 0 Å². The van der Waals surface area contributed by atoms with Crippen LogP contribution in [0, 0.1) is 12.7 Å². The molecule has 0 aliphatic carbocycles. The lowest BCUT2D eigenvalue weighted by Gasteiger charge is -2.11. The molecule has 2 rings (SSSR count). The van der Waals surface area contributed by atoms with Gasteiger partial charge in [0.2, 0.25) is 5.88 Å². The molecule has 0 aliphatic rings. The number of hydrogen-bond donors (Lipinski definition) is 1. The van der Waals surface area contributed by atoms with E-state index >= 15 is 0 Å². The Morgan fingerprint density at radius 3 is 2.81 bits per heavy atom. The number of halogens is 1. The zero-order valence-electron chi connectivity index (χ0n) is 11.7. The second-order valence-corrected chi connectivity index (χ2v) is 4.35. The van der Waals surface area contributed by atoms with Crippen molar-refractivity contribution in [3.05, 3.63) is 47.4 Å². The standard InChI is InChI=1S/C15H15FN2O3/c1-3-20-15(19)12-7-11(17)8-18-14(12)21-13-5-4-10(16)6-9(13)2/h4-8H,3,17H2,1-2H3. The predicted octanol–water partition coefficient (Wildman–Crippen LogP) is 3.08. The highest BCUT2D eigenvalue weighted by Gasteiger charge is 2.17. The number of rotatable bonds is 4. The van der Waals surface area contributed by atoms with E-state index in [0.29, 0.717) is 17.0 Å². The van der Waals surface area contributed by atoms with Crippen molar-refractivity contribution in [1.82, 2.24) is 4.98 Å². The minimum atomic E-state index is -0.577. The fraction of sp³-hybridized carbons (Fsp3) is 0.200. The Hall–Kier alpha value is -2.63. The summed E-state index contributed by atoms with van der Waals surface area (Å²) in [4.78, 5) is 15.9. The lowest BCUT2D eigenvalue weighted by molar-refractivity contribution is 0.0522. The minimum absolute atomic E-state index is 0.0670. The molecule has 0 fully saturated rings. The molecule has 0 atom stereocenters. The van der Waals surface area contributed by atoms with Crippen LogP contribution in [0.5, 0.6) is 11.6 Å². The van der Waals surface area contributed by atoms with Crippen molar-refractivity contribution < 1.29 is 18.7 Å². The Kier molecular flexibility index (Phi) is 4.37. The Bertz CT molecular complexity index is 674. The topological polar surface area (TPSA) is 74.4 Å². The number of aromatic nitrogens is 1. The Labute approximate surface area is 121 Å². The second kappa shape index (κ2) is 6.21. The minimum Gasteiger partial charge on any atom is -0.462 e. The summed E-state index contributed by atoms with van der Waals surface area (Å²) in [5, 5.41) is 0. The van der Waals surface area contributed by atoms with E-state index in [1.807, 2.05) is 0 Å². The molecule has 0 radical (unpaired) electrons. The molecule has 21 heavy (non-hydrogen) atoms. The molecule has 5 nitrogen and oxygen atoms in total. The highest BCUT2D eigenvalue weighted by atomic mass is 19.1. The van der Waals surface area contributed by atoms with Gasteiger partial charge in [0.15, 0.2) is 0 Å². The average Bonchev–Trinajstić information content (AvgIpc) is 2.43. The molecular weight excluding hydrogens is 275 g/mol. The van der Waals surface area contributed by atoms with Gasteiger partial charge in [-0.25, -0.2) is 14.2 Å². The number of benzene rings is 1. The molecule has 1 heterocycles. The summed E-state index contributed by atoms with van der Waals surface area (Å²) in [6.07, 6.45) is 1.37.